The van der Waals surface area contributed by atoms with Gasteiger partial charge in [-0.2, -0.15) is 0 Å². The minimum Gasteiger partial charge on any atom is -0.378 e. The van der Waals surface area contributed by atoms with E-state index in [2.05, 4.69) is 28.8 Å². The second-order valence-electron chi connectivity index (χ2n) is 6.13. The summed E-state index contributed by atoms with van der Waals surface area (Å²) in [5, 5.41) is 0. The van der Waals surface area contributed by atoms with Gasteiger partial charge < -0.3 is 9.72 Å². The van der Waals surface area contributed by atoms with Gasteiger partial charge in [0.25, 0.3) is 0 Å². The molecule has 2 unspecified atom stereocenters. The first-order valence-corrected chi connectivity index (χ1v) is 7.55. The van der Waals surface area contributed by atoms with Crippen LogP contribution in [0.4, 0.5) is 0 Å². The zero-order valence-corrected chi connectivity index (χ0v) is 12.1. The number of aromatic nitrogens is 2. The van der Waals surface area contributed by atoms with Crippen molar-refractivity contribution in [2.75, 3.05) is 13.7 Å². The molecular weight excluding hydrogens is 238 g/mol. The van der Waals surface area contributed by atoms with Gasteiger partial charge in [0.05, 0.1) is 12.4 Å². The molecule has 4 nitrogen and oxygen atoms in total. The number of ether oxygens (including phenoxy) is 1. The minimum atomic E-state index is 0.435. The summed E-state index contributed by atoms with van der Waals surface area (Å²) < 4.78 is 5.98. The highest BCUT2D eigenvalue weighted by Gasteiger charge is 2.57. The van der Waals surface area contributed by atoms with E-state index in [1.807, 2.05) is 6.20 Å². The minimum absolute atomic E-state index is 0.435. The van der Waals surface area contributed by atoms with E-state index >= 15 is 0 Å². The molecule has 0 saturated heterocycles. The molecule has 2 aliphatic carbocycles. The Balaban J connectivity index is 1.67. The standard InChI is InChI=1S/C15H25N3O/c1-3-19-14-8-13(15(14)6-4-5-7-15)18(2)10-12-9-16-11-17-12/h9,11,13-14H,3-8,10H2,1-2H3,(H,16,17). The van der Waals surface area contributed by atoms with Crippen molar-refractivity contribution in [1.29, 1.82) is 0 Å². The van der Waals surface area contributed by atoms with Gasteiger partial charge in [-0.05, 0) is 33.2 Å². The lowest BCUT2D eigenvalue weighted by molar-refractivity contribution is -0.162. The zero-order chi connectivity index (χ0) is 13.3. The van der Waals surface area contributed by atoms with Crippen molar-refractivity contribution in [3.63, 3.8) is 0 Å². The van der Waals surface area contributed by atoms with Crippen LogP contribution in [0.3, 0.4) is 0 Å². The molecule has 1 heterocycles. The van der Waals surface area contributed by atoms with Crippen molar-refractivity contribution in [3.05, 3.63) is 18.2 Å². The van der Waals surface area contributed by atoms with Gasteiger partial charge in [0.2, 0.25) is 0 Å². The average Bonchev–Trinajstić information content (AvgIpc) is 3.05. The predicted molar refractivity (Wildman–Crippen MR) is 74.8 cm³/mol. The highest BCUT2D eigenvalue weighted by Crippen LogP contribution is 2.56. The first kappa shape index (κ1) is 13.1. The van der Waals surface area contributed by atoms with Crippen LogP contribution >= 0.6 is 0 Å². The van der Waals surface area contributed by atoms with E-state index in [0.29, 0.717) is 17.6 Å². The number of imidazole rings is 1. The molecule has 106 valence electrons. The summed E-state index contributed by atoms with van der Waals surface area (Å²) in [6.45, 7) is 3.93. The summed E-state index contributed by atoms with van der Waals surface area (Å²) in [5.41, 5.74) is 1.64. The van der Waals surface area contributed by atoms with Crippen LogP contribution in [0.5, 0.6) is 0 Å². The van der Waals surface area contributed by atoms with Gasteiger partial charge in [-0.3, -0.25) is 4.90 Å². The molecule has 2 atom stereocenters. The fraction of sp³-hybridized carbons (Fsp3) is 0.800. The van der Waals surface area contributed by atoms with Crippen molar-refractivity contribution >= 4 is 0 Å². The third-order valence-corrected chi connectivity index (χ3v) is 5.15. The summed E-state index contributed by atoms with van der Waals surface area (Å²) in [7, 11) is 2.24. The number of aromatic amines is 1. The molecule has 0 bridgehead atoms. The first-order chi connectivity index (χ1) is 9.26. The lowest BCUT2D eigenvalue weighted by Crippen LogP contribution is -2.62. The van der Waals surface area contributed by atoms with Gasteiger partial charge in [0, 0.05) is 36.5 Å². The molecule has 1 aromatic heterocycles. The van der Waals surface area contributed by atoms with Crippen LogP contribution in [0.2, 0.25) is 0 Å². The molecule has 19 heavy (non-hydrogen) atoms. The summed E-state index contributed by atoms with van der Waals surface area (Å²) >= 11 is 0. The maximum absolute atomic E-state index is 5.98. The van der Waals surface area contributed by atoms with Crippen LogP contribution in [0.1, 0.15) is 44.7 Å². The van der Waals surface area contributed by atoms with Gasteiger partial charge in [0.15, 0.2) is 0 Å². The lowest BCUT2D eigenvalue weighted by Gasteiger charge is -2.57. The molecule has 0 aromatic carbocycles. The van der Waals surface area contributed by atoms with Gasteiger partial charge in [-0.25, -0.2) is 4.98 Å². The van der Waals surface area contributed by atoms with Crippen molar-refractivity contribution < 1.29 is 4.74 Å². The Hall–Kier alpha value is -0.870. The Morgan fingerprint density at radius 3 is 2.89 bits per heavy atom. The third kappa shape index (κ3) is 2.21. The Morgan fingerprint density at radius 1 is 1.47 bits per heavy atom. The normalized spacial score (nSPS) is 29.0. The fourth-order valence-electron chi connectivity index (χ4n) is 4.22. The summed E-state index contributed by atoms with van der Waals surface area (Å²) in [5.74, 6) is 0. The van der Waals surface area contributed by atoms with Crippen LogP contribution in [0.25, 0.3) is 0 Å². The quantitative estimate of drug-likeness (QED) is 0.887. The molecule has 3 rings (SSSR count). The summed E-state index contributed by atoms with van der Waals surface area (Å²) in [4.78, 5) is 9.80. The van der Waals surface area contributed by atoms with Gasteiger partial charge in [0.1, 0.15) is 0 Å². The van der Waals surface area contributed by atoms with E-state index < -0.39 is 0 Å². The second-order valence-corrected chi connectivity index (χ2v) is 6.13. The molecule has 1 N–H and O–H groups in total. The van der Waals surface area contributed by atoms with Gasteiger partial charge in [-0.15, -0.1) is 0 Å². The molecule has 1 aromatic rings. The largest absolute Gasteiger partial charge is 0.378 e. The van der Waals surface area contributed by atoms with Crippen molar-refractivity contribution in [3.8, 4) is 0 Å². The van der Waals surface area contributed by atoms with Crippen molar-refractivity contribution in [2.24, 2.45) is 5.41 Å². The van der Waals surface area contributed by atoms with E-state index in [-0.39, 0.29) is 0 Å². The number of hydrogen-bond donors (Lipinski definition) is 1. The number of hydrogen-bond acceptors (Lipinski definition) is 3. The molecule has 2 aliphatic rings. The zero-order valence-electron chi connectivity index (χ0n) is 12.1. The molecule has 0 radical (unpaired) electrons. The topological polar surface area (TPSA) is 41.1 Å². The number of H-pyrrole nitrogens is 1. The maximum Gasteiger partial charge on any atom is 0.0922 e. The van der Waals surface area contributed by atoms with Crippen molar-refractivity contribution in [1.82, 2.24) is 14.9 Å². The van der Waals surface area contributed by atoms with E-state index in [1.54, 1.807) is 6.33 Å². The lowest BCUT2D eigenvalue weighted by atomic mass is 9.60. The van der Waals surface area contributed by atoms with Crippen LogP contribution in [-0.2, 0) is 11.3 Å². The molecule has 4 heteroatoms. The summed E-state index contributed by atoms with van der Waals surface area (Å²) in [6, 6.07) is 0.676. The Kier molecular flexibility index (Phi) is 3.63. The number of nitrogens with zero attached hydrogens (tertiary/aromatic N) is 2. The fourth-order valence-corrected chi connectivity index (χ4v) is 4.22. The third-order valence-electron chi connectivity index (χ3n) is 5.15. The van der Waals surface area contributed by atoms with Gasteiger partial charge in [-0.1, -0.05) is 12.8 Å². The van der Waals surface area contributed by atoms with Gasteiger partial charge >= 0.3 is 0 Å². The molecule has 2 fully saturated rings. The first-order valence-electron chi connectivity index (χ1n) is 7.55. The highest BCUT2D eigenvalue weighted by molar-refractivity contribution is 5.11. The Morgan fingerprint density at radius 2 is 2.26 bits per heavy atom. The monoisotopic (exact) mass is 263 g/mol. The number of nitrogens with one attached hydrogen (secondary N) is 1. The summed E-state index contributed by atoms with van der Waals surface area (Å²) in [6.07, 6.45) is 10.8. The van der Waals surface area contributed by atoms with Crippen molar-refractivity contribution in [2.45, 2.75) is 57.7 Å². The second kappa shape index (κ2) is 5.25. The van der Waals surface area contributed by atoms with Crippen LogP contribution in [0.15, 0.2) is 12.5 Å². The Bertz CT molecular complexity index is 398. The predicted octanol–water partition coefficient (Wildman–Crippen LogP) is 2.58. The van der Waals surface area contributed by atoms with E-state index in [9.17, 15) is 0 Å². The molecule has 2 saturated carbocycles. The molecular formula is C15H25N3O. The number of rotatable bonds is 5. The average molecular weight is 263 g/mol. The van der Waals surface area contributed by atoms with Crippen LogP contribution in [-0.4, -0.2) is 40.7 Å². The van der Waals surface area contributed by atoms with E-state index in [4.69, 9.17) is 4.74 Å². The molecule has 0 amide bonds. The van der Waals surface area contributed by atoms with E-state index in [1.165, 1.54) is 37.8 Å². The Labute approximate surface area is 115 Å². The SMILES string of the molecule is CCOC1CC(N(C)Cc2cnc[nH]2)C12CCCC2. The maximum atomic E-state index is 5.98. The highest BCUT2D eigenvalue weighted by atomic mass is 16.5. The van der Waals surface area contributed by atoms with Crippen LogP contribution < -0.4 is 0 Å². The molecule has 0 aliphatic heterocycles. The van der Waals surface area contributed by atoms with Crippen LogP contribution in [0, 0.1) is 5.41 Å². The smallest absolute Gasteiger partial charge is 0.0922 e. The van der Waals surface area contributed by atoms with E-state index in [0.717, 1.165) is 13.2 Å². The molecule has 1 spiro atoms.